The van der Waals surface area contributed by atoms with Crippen molar-refractivity contribution in [3.63, 3.8) is 0 Å². The fourth-order valence-electron chi connectivity index (χ4n) is 2.84. The number of nitrogens with zero attached hydrogens (tertiary/aromatic N) is 1. The Kier molecular flexibility index (Phi) is 4.42. The van der Waals surface area contributed by atoms with Crippen molar-refractivity contribution < 1.29 is 4.74 Å². The summed E-state index contributed by atoms with van der Waals surface area (Å²) in [6, 6.07) is 2.27. The molecule has 1 saturated carbocycles. The SMILES string of the molecule is CCCNC(c1cc(C)cnc1N)C1(OC)CCC1. The number of anilines is 1. The van der Waals surface area contributed by atoms with E-state index in [9.17, 15) is 0 Å². The average Bonchev–Trinajstić information content (AvgIpc) is 2.36. The quantitative estimate of drug-likeness (QED) is 0.828. The molecule has 1 unspecified atom stereocenters. The number of aryl methyl sites for hydroxylation is 1. The minimum atomic E-state index is -0.112. The number of ether oxygens (including phenoxy) is 1. The van der Waals surface area contributed by atoms with Crippen molar-refractivity contribution in [3.05, 3.63) is 23.4 Å². The summed E-state index contributed by atoms with van der Waals surface area (Å²) in [4.78, 5) is 4.30. The topological polar surface area (TPSA) is 60.2 Å². The largest absolute Gasteiger partial charge is 0.383 e. The molecule has 4 heteroatoms. The molecule has 1 aromatic heterocycles. The van der Waals surface area contributed by atoms with E-state index in [1.165, 1.54) is 6.42 Å². The fourth-order valence-corrected chi connectivity index (χ4v) is 2.84. The molecule has 106 valence electrons. The summed E-state index contributed by atoms with van der Waals surface area (Å²) >= 11 is 0. The molecule has 1 aromatic rings. The third kappa shape index (κ3) is 2.74. The maximum atomic E-state index is 6.09. The summed E-state index contributed by atoms with van der Waals surface area (Å²) < 4.78 is 5.84. The number of nitrogens with two attached hydrogens (primary N) is 1. The second-order valence-corrected chi connectivity index (χ2v) is 5.50. The second kappa shape index (κ2) is 5.88. The molecule has 3 N–H and O–H groups in total. The van der Waals surface area contributed by atoms with Crippen LogP contribution in [0.25, 0.3) is 0 Å². The van der Waals surface area contributed by atoms with E-state index in [2.05, 4.69) is 23.3 Å². The molecule has 0 saturated heterocycles. The van der Waals surface area contributed by atoms with Crippen LogP contribution >= 0.6 is 0 Å². The van der Waals surface area contributed by atoms with Crippen LogP contribution in [-0.4, -0.2) is 24.2 Å². The van der Waals surface area contributed by atoms with Gasteiger partial charge in [-0.1, -0.05) is 6.92 Å². The van der Waals surface area contributed by atoms with Gasteiger partial charge in [0.2, 0.25) is 0 Å². The van der Waals surface area contributed by atoms with E-state index >= 15 is 0 Å². The van der Waals surface area contributed by atoms with E-state index in [-0.39, 0.29) is 11.6 Å². The molecule has 0 spiro atoms. The van der Waals surface area contributed by atoms with Crippen LogP contribution in [0.4, 0.5) is 5.82 Å². The number of rotatable bonds is 6. The number of aromatic nitrogens is 1. The van der Waals surface area contributed by atoms with Gasteiger partial charge in [-0.2, -0.15) is 0 Å². The molecule has 0 aliphatic heterocycles. The van der Waals surface area contributed by atoms with E-state index in [1.54, 1.807) is 7.11 Å². The highest BCUT2D eigenvalue weighted by atomic mass is 16.5. The summed E-state index contributed by atoms with van der Waals surface area (Å²) in [5, 5.41) is 3.60. The molecule has 19 heavy (non-hydrogen) atoms. The van der Waals surface area contributed by atoms with Gasteiger partial charge in [0.25, 0.3) is 0 Å². The predicted octanol–water partition coefficient (Wildman–Crippen LogP) is 2.58. The molecular formula is C15H25N3O. The maximum absolute atomic E-state index is 6.09. The summed E-state index contributed by atoms with van der Waals surface area (Å²) in [5.41, 5.74) is 8.19. The number of hydrogen-bond donors (Lipinski definition) is 2. The molecule has 0 amide bonds. The van der Waals surface area contributed by atoms with Crippen molar-refractivity contribution >= 4 is 5.82 Å². The van der Waals surface area contributed by atoms with E-state index in [0.717, 1.165) is 36.9 Å². The van der Waals surface area contributed by atoms with Crippen molar-refractivity contribution in [2.75, 3.05) is 19.4 Å². The molecule has 1 fully saturated rings. The molecule has 0 radical (unpaired) electrons. The lowest BCUT2D eigenvalue weighted by atomic mass is 9.72. The number of pyridine rings is 1. The lowest BCUT2D eigenvalue weighted by Crippen LogP contribution is -2.51. The van der Waals surface area contributed by atoms with Gasteiger partial charge in [0.15, 0.2) is 0 Å². The number of nitrogen functional groups attached to an aromatic ring is 1. The molecule has 0 aromatic carbocycles. The van der Waals surface area contributed by atoms with Crippen LogP contribution in [0.5, 0.6) is 0 Å². The lowest BCUT2D eigenvalue weighted by molar-refractivity contribution is -0.0996. The van der Waals surface area contributed by atoms with Gasteiger partial charge in [0.1, 0.15) is 5.82 Å². The Morgan fingerprint density at radius 3 is 2.79 bits per heavy atom. The van der Waals surface area contributed by atoms with Crippen molar-refractivity contribution in [1.82, 2.24) is 10.3 Å². The maximum Gasteiger partial charge on any atom is 0.128 e. The Labute approximate surface area is 115 Å². The molecule has 1 heterocycles. The van der Waals surface area contributed by atoms with Gasteiger partial charge in [-0.25, -0.2) is 4.98 Å². The Hall–Kier alpha value is -1.13. The van der Waals surface area contributed by atoms with Crippen LogP contribution in [0.1, 0.15) is 49.8 Å². The number of methoxy groups -OCH3 is 1. The Morgan fingerprint density at radius 1 is 1.53 bits per heavy atom. The van der Waals surface area contributed by atoms with E-state index in [4.69, 9.17) is 10.5 Å². The zero-order valence-electron chi connectivity index (χ0n) is 12.2. The van der Waals surface area contributed by atoms with Crippen LogP contribution in [0.2, 0.25) is 0 Å². The second-order valence-electron chi connectivity index (χ2n) is 5.50. The van der Waals surface area contributed by atoms with Gasteiger partial charge < -0.3 is 15.8 Å². The predicted molar refractivity (Wildman–Crippen MR) is 78.0 cm³/mol. The average molecular weight is 263 g/mol. The van der Waals surface area contributed by atoms with Crippen LogP contribution in [0.15, 0.2) is 12.3 Å². The monoisotopic (exact) mass is 263 g/mol. The zero-order chi connectivity index (χ0) is 13.9. The zero-order valence-corrected chi connectivity index (χ0v) is 12.2. The molecule has 1 aliphatic carbocycles. The molecule has 1 atom stereocenters. The van der Waals surface area contributed by atoms with Gasteiger partial charge in [-0.05, 0) is 50.8 Å². The third-order valence-corrected chi connectivity index (χ3v) is 4.13. The summed E-state index contributed by atoms with van der Waals surface area (Å²) in [5.74, 6) is 0.613. The third-order valence-electron chi connectivity index (χ3n) is 4.13. The smallest absolute Gasteiger partial charge is 0.128 e. The molecule has 4 nitrogen and oxygen atoms in total. The highest BCUT2D eigenvalue weighted by Crippen LogP contribution is 2.45. The standard InChI is InChI=1S/C15H25N3O/c1-4-8-17-13(15(19-3)6-5-7-15)12-9-11(2)10-18-14(12)16/h9-10,13,17H,4-8H2,1-3H3,(H2,16,18). The number of hydrogen-bond acceptors (Lipinski definition) is 4. The van der Waals surface area contributed by atoms with Gasteiger partial charge in [0.05, 0.1) is 11.6 Å². The van der Waals surface area contributed by atoms with Crippen LogP contribution in [0.3, 0.4) is 0 Å². The normalized spacial score (nSPS) is 18.9. The van der Waals surface area contributed by atoms with Crippen LogP contribution in [-0.2, 0) is 4.74 Å². The lowest BCUT2D eigenvalue weighted by Gasteiger charge is -2.47. The minimum absolute atomic E-state index is 0.112. The van der Waals surface area contributed by atoms with E-state index in [0.29, 0.717) is 5.82 Å². The highest BCUT2D eigenvalue weighted by Gasteiger charge is 2.45. The number of nitrogens with one attached hydrogen (secondary N) is 1. The van der Waals surface area contributed by atoms with Gasteiger partial charge in [0, 0.05) is 18.9 Å². The first-order valence-electron chi connectivity index (χ1n) is 7.13. The van der Waals surface area contributed by atoms with Crippen molar-refractivity contribution in [2.24, 2.45) is 0 Å². The first-order valence-corrected chi connectivity index (χ1v) is 7.13. The highest BCUT2D eigenvalue weighted by molar-refractivity contribution is 5.44. The summed E-state index contributed by atoms with van der Waals surface area (Å²) in [6.07, 6.45) is 6.29. The Morgan fingerprint density at radius 2 is 2.26 bits per heavy atom. The van der Waals surface area contributed by atoms with Crippen molar-refractivity contribution in [3.8, 4) is 0 Å². The van der Waals surface area contributed by atoms with Crippen LogP contribution in [0, 0.1) is 6.92 Å². The first kappa shape index (κ1) is 14.3. The molecule has 2 rings (SSSR count). The van der Waals surface area contributed by atoms with Crippen molar-refractivity contribution in [2.45, 2.75) is 51.2 Å². The van der Waals surface area contributed by atoms with Gasteiger partial charge >= 0.3 is 0 Å². The summed E-state index contributed by atoms with van der Waals surface area (Å²) in [7, 11) is 1.80. The van der Waals surface area contributed by atoms with Crippen LogP contribution < -0.4 is 11.1 Å². The Balaban J connectivity index is 2.33. The van der Waals surface area contributed by atoms with E-state index in [1.807, 2.05) is 13.1 Å². The van der Waals surface area contributed by atoms with Gasteiger partial charge in [-0.15, -0.1) is 0 Å². The van der Waals surface area contributed by atoms with Crippen molar-refractivity contribution in [1.29, 1.82) is 0 Å². The Bertz CT molecular complexity index is 424. The summed E-state index contributed by atoms with van der Waals surface area (Å²) in [6.45, 7) is 5.18. The van der Waals surface area contributed by atoms with Gasteiger partial charge in [-0.3, -0.25) is 0 Å². The first-order chi connectivity index (χ1) is 9.13. The molecular weight excluding hydrogens is 238 g/mol. The molecule has 0 bridgehead atoms. The van der Waals surface area contributed by atoms with E-state index < -0.39 is 0 Å². The molecule has 1 aliphatic rings. The fraction of sp³-hybridized carbons (Fsp3) is 0.667. The minimum Gasteiger partial charge on any atom is -0.383 e.